The Kier molecular flexibility index (Phi) is 3.61. The van der Waals surface area contributed by atoms with Crippen molar-refractivity contribution < 1.29 is 4.79 Å². The molecule has 0 unspecified atom stereocenters. The summed E-state index contributed by atoms with van der Waals surface area (Å²) in [6, 6.07) is 17.7. The molecule has 0 N–H and O–H groups in total. The van der Waals surface area contributed by atoms with Gasteiger partial charge in [0.15, 0.2) is 0 Å². The molecule has 2 aliphatic rings. The second-order valence-corrected chi connectivity index (χ2v) is 8.27. The highest BCUT2D eigenvalue weighted by atomic mass is 16.2. The normalized spacial score (nSPS) is 24.6. The van der Waals surface area contributed by atoms with Gasteiger partial charge < -0.3 is 4.90 Å². The number of likely N-dealkylation sites (tertiary alicyclic amines) is 1. The van der Waals surface area contributed by atoms with Gasteiger partial charge in [0.05, 0.1) is 5.52 Å². The van der Waals surface area contributed by atoms with Gasteiger partial charge in [-0.3, -0.25) is 9.78 Å². The largest absolute Gasteiger partial charge is 0.342 e. The van der Waals surface area contributed by atoms with Gasteiger partial charge in [-0.25, -0.2) is 0 Å². The second-order valence-electron chi connectivity index (χ2n) is 8.27. The first-order chi connectivity index (χ1) is 13.1. The standard InChI is InChI=1S/C24H24N2O/c1-24-12-11-23(27)26(2)22(24)10-8-17-13-16(7-9-20(17)24)19-14-18-5-3-4-6-21(18)25-15-19/h3-7,9,13-15,22H,8,10-12H2,1-2H3/t22-,24-/m1/s1. The zero-order valence-electron chi connectivity index (χ0n) is 15.9. The van der Waals surface area contributed by atoms with Crippen LogP contribution in [0.5, 0.6) is 0 Å². The maximum Gasteiger partial charge on any atom is 0.222 e. The molecule has 3 nitrogen and oxygen atoms in total. The van der Waals surface area contributed by atoms with Gasteiger partial charge in [0, 0.05) is 42.1 Å². The lowest BCUT2D eigenvalue weighted by Crippen LogP contribution is -2.56. The minimum Gasteiger partial charge on any atom is -0.342 e. The van der Waals surface area contributed by atoms with Gasteiger partial charge in [0.1, 0.15) is 0 Å². The lowest BCUT2D eigenvalue weighted by atomic mass is 9.63. The molecule has 1 fully saturated rings. The third-order valence-electron chi connectivity index (χ3n) is 6.79. The maximum absolute atomic E-state index is 12.2. The number of hydrogen-bond acceptors (Lipinski definition) is 2. The van der Waals surface area contributed by atoms with E-state index >= 15 is 0 Å². The topological polar surface area (TPSA) is 33.2 Å². The summed E-state index contributed by atoms with van der Waals surface area (Å²) in [5, 5.41) is 1.17. The summed E-state index contributed by atoms with van der Waals surface area (Å²) in [5.74, 6) is 0.291. The van der Waals surface area contributed by atoms with Crippen LogP contribution in [-0.4, -0.2) is 28.9 Å². The van der Waals surface area contributed by atoms with E-state index in [-0.39, 0.29) is 5.41 Å². The van der Waals surface area contributed by atoms with Gasteiger partial charge in [-0.1, -0.05) is 43.3 Å². The van der Waals surface area contributed by atoms with Crippen molar-refractivity contribution >= 4 is 16.8 Å². The van der Waals surface area contributed by atoms with Crippen LogP contribution in [0, 0.1) is 0 Å². The van der Waals surface area contributed by atoms with E-state index < -0.39 is 0 Å². The molecule has 0 radical (unpaired) electrons. The van der Waals surface area contributed by atoms with E-state index in [0.29, 0.717) is 18.4 Å². The smallest absolute Gasteiger partial charge is 0.222 e. The fraction of sp³-hybridized carbons (Fsp3) is 0.333. The number of rotatable bonds is 1. The molecule has 1 aromatic heterocycles. The molecule has 0 saturated carbocycles. The molecule has 2 heterocycles. The monoisotopic (exact) mass is 356 g/mol. The summed E-state index contributed by atoms with van der Waals surface area (Å²) in [5.41, 5.74) is 6.35. The Labute approximate surface area is 160 Å². The number of aryl methyl sites for hydroxylation is 1. The molecule has 1 saturated heterocycles. The van der Waals surface area contributed by atoms with Crippen LogP contribution in [0.15, 0.2) is 54.7 Å². The Bertz CT molecular complexity index is 1060. The highest BCUT2D eigenvalue weighted by molar-refractivity contribution is 5.83. The third kappa shape index (κ3) is 2.48. The van der Waals surface area contributed by atoms with Gasteiger partial charge in [-0.2, -0.15) is 0 Å². The molecule has 136 valence electrons. The summed E-state index contributed by atoms with van der Waals surface area (Å²) in [7, 11) is 1.98. The van der Waals surface area contributed by atoms with Crippen LogP contribution in [-0.2, 0) is 16.6 Å². The predicted molar refractivity (Wildman–Crippen MR) is 109 cm³/mol. The molecule has 2 atom stereocenters. The quantitative estimate of drug-likeness (QED) is 0.632. The molecular formula is C24H24N2O. The molecule has 1 amide bonds. The zero-order chi connectivity index (χ0) is 18.6. The molecule has 2 aromatic carbocycles. The predicted octanol–water partition coefficient (Wildman–Crippen LogP) is 4.73. The number of likely N-dealkylation sites (N-methyl/N-ethyl adjacent to an activating group) is 1. The van der Waals surface area contributed by atoms with E-state index in [1.54, 1.807) is 0 Å². The Morgan fingerprint density at radius 1 is 1.07 bits per heavy atom. The summed E-state index contributed by atoms with van der Waals surface area (Å²) in [4.78, 5) is 18.8. The summed E-state index contributed by atoms with van der Waals surface area (Å²) in [6.07, 6.45) is 5.65. The summed E-state index contributed by atoms with van der Waals surface area (Å²) >= 11 is 0. The molecule has 5 rings (SSSR count). The number of fused-ring (bicyclic) bond motifs is 4. The third-order valence-corrected chi connectivity index (χ3v) is 6.79. The second kappa shape index (κ2) is 5.91. The first-order valence-corrected chi connectivity index (χ1v) is 9.80. The number of piperidine rings is 1. The average Bonchev–Trinajstić information content (AvgIpc) is 2.70. The van der Waals surface area contributed by atoms with Crippen LogP contribution in [0.4, 0.5) is 0 Å². The molecule has 0 spiro atoms. The lowest BCUT2D eigenvalue weighted by Gasteiger charge is -2.50. The van der Waals surface area contributed by atoms with E-state index in [1.807, 2.05) is 30.3 Å². The minimum absolute atomic E-state index is 0.0659. The van der Waals surface area contributed by atoms with Crippen LogP contribution >= 0.6 is 0 Å². The lowest BCUT2D eigenvalue weighted by molar-refractivity contribution is -0.138. The number of pyridine rings is 1. The van der Waals surface area contributed by atoms with E-state index in [0.717, 1.165) is 24.8 Å². The highest BCUT2D eigenvalue weighted by Gasteiger charge is 2.46. The molecule has 0 bridgehead atoms. The molecule has 1 aliphatic heterocycles. The van der Waals surface area contributed by atoms with Gasteiger partial charge in [0.25, 0.3) is 0 Å². The van der Waals surface area contributed by atoms with E-state index in [4.69, 9.17) is 0 Å². The molecule has 3 heteroatoms. The number of amides is 1. The molecule has 27 heavy (non-hydrogen) atoms. The molecule has 3 aromatic rings. The average molecular weight is 356 g/mol. The zero-order valence-corrected chi connectivity index (χ0v) is 15.9. The van der Waals surface area contributed by atoms with Crippen molar-refractivity contribution in [3.05, 3.63) is 65.9 Å². The maximum atomic E-state index is 12.2. The Morgan fingerprint density at radius 2 is 1.93 bits per heavy atom. The number of aromatic nitrogens is 1. The summed E-state index contributed by atoms with van der Waals surface area (Å²) in [6.45, 7) is 2.34. The van der Waals surface area contributed by atoms with Gasteiger partial charge in [0.2, 0.25) is 5.91 Å². The van der Waals surface area contributed by atoms with Crippen molar-refractivity contribution in [2.24, 2.45) is 0 Å². The Morgan fingerprint density at radius 3 is 2.81 bits per heavy atom. The van der Waals surface area contributed by atoms with Crippen molar-refractivity contribution in [2.75, 3.05) is 7.05 Å². The molecule has 1 aliphatic carbocycles. The first kappa shape index (κ1) is 16.5. The van der Waals surface area contributed by atoms with E-state index in [1.165, 1.54) is 27.6 Å². The van der Waals surface area contributed by atoms with Crippen LogP contribution in [0.2, 0.25) is 0 Å². The highest BCUT2D eigenvalue weighted by Crippen LogP contribution is 2.46. The van der Waals surface area contributed by atoms with Crippen LogP contribution < -0.4 is 0 Å². The van der Waals surface area contributed by atoms with Crippen LogP contribution in [0.1, 0.15) is 37.3 Å². The SMILES string of the molecule is CN1C(=O)CC[C@]2(C)c3ccc(-c4cnc5ccccc5c4)cc3CC[C@@H]12. The van der Waals surface area contributed by atoms with E-state index in [2.05, 4.69) is 48.3 Å². The molecular weight excluding hydrogens is 332 g/mol. The van der Waals surface area contributed by atoms with Crippen molar-refractivity contribution in [1.82, 2.24) is 9.88 Å². The first-order valence-electron chi connectivity index (χ1n) is 9.80. The van der Waals surface area contributed by atoms with Crippen molar-refractivity contribution in [3.8, 4) is 11.1 Å². The Balaban J connectivity index is 1.56. The minimum atomic E-state index is 0.0659. The van der Waals surface area contributed by atoms with Gasteiger partial charge in [-0.15, -0.1) is 0 Å². The van der Waals surface area contributed by atoms with Crippen molar-refractivity contribution in [1.29, 1.82) is 0 Å². The number of carbonyl (C=O) groups excluding carboxylic acids is 1. The fourth-order valence-electron chi connectivity index (χ4n) is 5.20. The number of hydrogen-bond donors (Lipinski definition) is 0. The number of nitrogens with zero attached hydrogens (tertiary/aromatic N) is 2. The van der Waals surface area contributed by atoms with Crippen molar-refractivity contribution in [2.45, 2.75) is 44.1 Å². The number of carbonyl (C=O) groups is 1. The summed E-state index contributed by atoms with van der Waals surface area (Å²) < 4.78 is 0. The van der Waals surface area contributed by atoms with Gasteiger partial charge in [-0.05, 0) is 48.1 Å². The van der Waals surface area contributed by atoms with E-state index in [9.17, 15) is 4.79 Å². The fourth-order valence-corrected chi connectivity index (χ4v) is 5.20. The number of para-hydroxylation sites is 1. The van der Waals surface area contributed by atoms with Crippen LogP contribution in [0.25, 0.3) is 22.0 Å². The van der Waals surface area contributed by atoms with Gasteiger partial charge >= 0.3 is 0 Å². The van der Waals surface area contributed by atoms with Crippen molar-refractivity contribution in [3.63, 3.8) is 0 Å². The number of benzene rings is 2. The Hall–Kier alpha value is -2.68. The van der Waals surface area contributed by atoms with Crippen LogP contribution in [0.3, 0.4) is 0 Å².